The van der Waals surface area contributed by atoms with Crippen LogP contribution >= 0.6 is 0 Å². The highest BCUT2D eigenvalue weighted by Gasteiger charge is 2.52. The van der Waals surface area contributed by atoms with Crippen LogP contribution in [0.2, 0.25) is 0 Å². The van der Waals surface area contributed by atoms with Crippen molar-refractivity contribution in [2.45, 2.75) is 96.1 Å². The van der Waals surface area contributed by atoms with Crippen molar-refractivity contribution in [3.63, 3.8) is 0 Å². The molecule has 3 aliphatic heterocycles. The Hall–Kier alpha value is -3.38. The maximum Gasteiger partial charge on any atom is 0.322 e. The number of piperazine rings is 1. The summed E-state index contributed by atoms with van der Waals surface area (Å²) in [7, 11) is 1.66. The average molecular weight is 705 g/mol. The molecule has 4 atom stereocenters. The second kappa shape index (κ2) is 15.7. The highest BCUT2D eigenvalue weighted by molar-refractivity contribution is 5.91. The lowest BCUT2D eigenvalue weighted by Gasteiger charge is -2.41. The number of aromatic hydroxyl groups is 1. The molecule has 0 radical (unpaired) electrons. The second-order valence-corrected chi connectivity index (χ2v) is 15.5. The summed E-state index contributed by atoms with van der Waals surface area (Å²) in [6.07, 6.45) is 5.79. The van der Waals surface area contributed by atoms with Crippen molar-refractivity contribution in [3.05, 3.63) is 52.6 Å². The van der Waals surface area contributed by atoms with E-state index in [2.05, 4.69) is 10.2 Å². The van der Waals surface area contributed by atoms with Crippen LogP contribution in [0.5, 0.6) is 11.5 Å². The van der Waals surface area contributed by atoms with Gasteiger partial charge < -0.3 is 39.5 Å². The SMILES string of the molecule is COc1ccc2c(c1)CCN(C1CCC3C(CC1)C3CC(O)O[C@H](Cc1cc(C)c(O)c(C)c1)C(=O)N1CCN(C3CCOCC3)CC1)C(=O)N2. The van der Waals surface area contributed by atoms with Gasteiger partial charge in [0.05, 0.1) is 7.11 Å². The lowest BCUT2D eigenvalue weighted by atomic mass is 10.00. The number of carbonyl (C=O) groups is 2. The van der Waals surface area contributed by atoms with E-state index in [0.717, 1.165) is 105 Å². The number of phenols is 1. The predicted molar refractivity (Wildman–Crippen MR) is 194 cm³/mol. The number of hydrogen-bond donors (Lipinski definition) is 3. The summed E-state index contributed by atoms with van der Waals surface area (Å²) in [5.74, 6) is 2.34. The molecule has 11 heteroatoms. The van der Waals surface area contributed by atoms with E-state index in [1.54, 1.807) is 7.11 Å². The number of ether oxygens (including phenoxy) is 3. The van der Waals surface area contributed by atoms with Gasteiger partial charge in [-0.3, -0.25) is 9.69 Å². The zero-order valence-electron chi connectivity index (χ0n) is 30.5. The molecular formula is C40H56N4O7. The molecule has 7 rings (SSSR count). The number of aliphatic hydroxyl groups is 1. The van der Waals surface area contributed by atoms with Crippen molar-refractivity contribution in [2.24, 2.45) is 17.8 Å². The summed E-state index contributed by atoms with van der Waals surface area (Å²) in [4.78, 5) is 33.7. The first-order valence-corrected chi connectivity index (χ1v) is 19.2. The van der Waals surface area contributed by atoms with Crippen LogP contribution in [0.15, 0.2) is 30.3 Å². The minimum Gasteiger partial charge on any atom is -0.507 e. The number of aryl methyl sites for hydroxylation is 2. The van der Waals surface area contributed by atoms with Crippen LogP contribution in [0.3, 0.4) is 0 Å². The van der Waals surface area contributed by atoms with Gasteiger partial charge in [0.25, 0.3) is 5.91 Å². The summed E-state index contributed by atoms with van der Waals surface area (Å²) >= 11 is 0. The average Bonchev–Trinajstić information content (AvgIpc) is 3.88. The number of rotatable bonds is 10. The molecule has 2 saturated heterocycles. The number of hydrogen-bond acceptors (Lipinski definition) is 8. The maximum absolute atomic E-state index is 14.1. The summed E-state index contributed by atoms with van der Waals surface area (Å²) in [6, 6.07) is 10.3. The highest BCUT2D eigenvalue weighted by atomic mass is 16.6. The first kappa shape index (κ1) is 36.0. The Morgan fingerprint density at radius 3 is 2.29 bits per heavy atom. The van der Waals surface area contributed by atoms with Gasteiger partial charge in [0.1, 0.15) is 17.6 Å². The number of nitrogens with one attached hydrogen (secondary N) is 1. The number of benzene rings is 2. The fourth-order valence-corrected chi connectivity index (χ4v) is 9.47. The van der Waals surface area contributed by atoms with E-state index < -0.39 is 12.4 Å². The van der Waals surface area contributed by atoms with Crippen LogP contribution in [-0.4, -0.2) is 114 Å². The van der Waals surface area contributed by atoms with E-state index in [1.165, 1.54) is 0 Å². The van der Waals surface area contributed by atoms with Crippen LogP contribution < -0.4 is 10.1 Å². The number of amides is 3. The number of urea groups is 1. The van der Waals surface area contributed by atoms with Crippen LogP contribution in [0, 0.1) is 31.6 Å². The topological polar surface area (TPSA) is 124 Å². The second-order valence-electron chi connectivity index (χ2n) is 15.5. The van der Waals surface area contributed by atoms with E-state index in [0.29, 0.717) is 56.3 Å². The molecule has 2 aliphatic carbocycles. The molecule has 4 fully saturated rings. The van der Waals surface area contributed by atoms with Crippen molar-refractivity contribution < 1.29 is 34.0 Å². The number of fused-ring (bicyclic) bond motifs is 2. The molecule has 3 N–H and O–H groups in total. The minimum atomic E-state index is -1.04. The molecule has 3 heterocycles. The van der Waals surface area contributed by atoms with E-state index in [9.17, 15) is 19.8 Å². The highest BCUT2D eigenvalue weighted by Crippen LogP contribution is 2.57. The van der Waals surface area contributed by atoms with Crippen LogP contribution in [0.1, 0.15) is 67.2 Å². The van der Waals surface area contributed by atoms with E-state index in [4.69, 9.17) is 14.2 Å². The summed E-state index contributed by atoms with van der Waals surface area (Å²) in [5, 5.41) is 24.9. The van der Waals surface area contributed by atoms with Crippen molar-refractivity contribution >= 4 is 17.6 Å². The molecule has 51 heavy (non-hydrogen) atoms. The van der Waals surface area contributed by atoms with Gasteiger partial charge >= 0.3 is 6.03 Å². The van der Waals surface area contributed by atoms with Gasteiger partial charge in [-0.15, -0.1) is 0 Å². The Kier molecular flexibility index (Phi) is 11.1. The minimum absolute atomic E-state index is 0.0282. The smallest absolute Gasteiger partial charge is 0.322 e. The summed E-state index contributed by atoms with van der Waals surface area (Å²) in [5.41, 5.74) is 4.40. The maximum atomic E-state index is 14.1. The Bertz CT molecular complexity index is 1520. The number of phenolic OH excluding ortho intramolecular Hbond substituents is 1. The van der Waals surface area contributed by atoms with E-state index in [1.807, 2.05) is 54.0 Å². The third kappa shape index (κ3) is 8.16. The van der Waals surface area contributed by atoms with Crippen LogP contribution in [0.4, 0.5) is 10.5 Å². The van der Waals surface area contributed by atoms with E-state index >= 15 is 0 Å². The van der Waals surface area contributed by atoms with E-state index in [-0.39, 0.29) is 23.7 Å². The first-order valence-electron chi connectivity index (χ1n) is 19.2. The number of nitrogens with zero attached hydrogens (tertiary/aromatic N) is 3. The Morgan fingerprint density at radius 2 is 1.63 bits per heavy atom. The molecule has 0 aromatic heterocycles. The standard InChI is InChI=1S/C40H56N4O7/c1-25-20-27(21-26(2)38(25)46)22-36(39(47)43-16-14-42(15-17-43)29-11-18-50-19-12-29)51-37(45)24-34-32-7-4-30(5-8-33(32)34)44-13-10-28-23-31(49-3)6-9-35(28)41-40(44)48/h6,9,20-21,23,29-30,32-34,36-37,45-46H,4-5,7-8,10-19,22,24H2,1-3H3,(H,41,48)/t30?,32?,33?,34?,36-,37?/m1/s1. The lowest BCUT2D eigenvalue weighted by molar-refractivity contribution is -0.173. The lowest BCUT2D eigenvalue weighted by Crippen LogP contribution is -2.55. The monoisotopic (exact) mass is 704 g/mol. The molecule has 2 aromatic rings. The normalized spacial score (nSPS) is 27.0. The van der Waals surface area contributed by atoms with Gasteiger partial charge in [-0.25, -0.2) is 4.79 Å². The largest absolute Gasteiger partial charge is 0.507 e. The molecule has 5 aliphatic rings. The molecule has 2 aromatic carbocycles. The van der Waals surface area contributed by atoms with Gasteiger partial charge in [-0.05, 0) is 117 Å². The Balaban J connectivity index is 0.945. The predicted octanol–water partition coefficient (Wildman–Crippen LogP) is 4.87. The fourth-order valence-electron chi connectivity index (χ4n) is 9.47. The molecular weight excluding hydrogens is 648 g/mol. The van der Waals surface area contributed by atoms with Crippen LogP contribution in [0.25, 0.3) is 0 Å². The Morgan fingerprint density at radius 1 is 0.941 bits per heavy atom. The number of methoxy groups -OCH3 is 1. The van der Waals surface area contributed by atoms with Gasteiger partial charge in [-0.1, -0.05) is 12.1 Å². The summed E-state index contributed by atoms with van der Waals surface area (Å²) in [6.45, 7) is 8.96. The molecule has 3 amide bonds. The van der Waals surface area contributed by atoms with Crippen molar-refractivity contribution in [3.8, 4) is 11.5 Å². The molecule has 278 valence electrons. The Labute approximate surface area is 302 Å². The number of carbonyl (C=O) groups excluding carboxylic acids is 2. The fraction of sp³-hybridized carbons (Fsp3) is 0.650. The number of anilines is 1. The van der Waals surface area contributed by atoms with Gasteiger partial charge in [0.15, 0.2) is 6.29 Å². The van der Waals surface area contributed by atoms with Gasteiger partial charge in [0.2, 0.25) is 0 Å². The van der Waals surface area contributed by atoms with Gasteiger partial charge in [0, 0.05) is 76.6 Å². The molecule has 3 unspecified atom stereocenters. The third-order valence-corrected chi connectivity index (χ3v) is 12.4. The molecule has 0 bridgehead atoms. The zero-order chi connectivity index (χ0) is 35.6. The summed E-state index contributed by atoms with van der Waals surface area (Å²) < 4.78 is 17.3. The zero-order valence-corrected chi connectivity index (χ0v) is 30.5. The number of aliphatic hydroxyl groups excluding tert-OH is 1. The van der Waals surface area contributed by atoms with Crippen molar-refractivity contribution in [1.82, 2.24) is 14.7 Å². The van der Waals surface area contributed by atoms with Crippen LogP contribution in [-0.2, 0) is 27.1 Å². The first-order chi connectivity index (χ1) is 24.7. The van der Waals surface area contributed by atoms with Gasteiger partial charge in [-0.2, -0.15) is 0 Å². The quantitative estimate of drug-likeness (QED) is 0.300. The van der Waals surface area contributed by atoms with Crippen molar-refractivity contribution in [1.29, 1.82) is 0 Å². The van der Waals surface area contributed by atoms with Crippen molar-refractivity contribution in [2.75, 3.05) is 58.4 Å². The molecule has 2 saturated carbocycles. The molecule has 0 spiro atoms. The molecule has 11 nitrogen and oxygen atoms in total. The third-order valence-electron chi connectivity index (χ3n) is 12.4.